The van der Waals surface area contributed by atoms with Gasteiger partial charge in [0, 0.05) is 12.6 Å². The number of amides is 2. The highest BCUT2D eigenvalue weighted by Crippen LogP contribution is 2.02. The Morgan fingerprint density at radius 3 is 2.40 bits per heavy atom. The number of hydrogen-bond acceptors (Lipinski definition) is 4. The molecule has 0 radical (unpaired) electrons. The molecular weight excluding hydrogens is 264 g/mol. The van der Waals surface area contributed by atoms with Crippen LogP contribution in [0, 0.1) is 0 Å². The van der Waals surface area contributed by atoms with Gasteiger partial charge in [0.2, 0.25) is 5.91 Å². The van der Waals surface area contributed by atoms with Crippen molar-refractivity contribution in [2.24, 2.45) is 0 Å². The van der Waals surface area contributed by atoms with Crippen LogP contribution in [0.2, 0.25) is 0 Å². The van der Waals surface area contributed by atoms with Crippen LogP contribution in [-0.4, -0.2) is 59.1 Å². The van der Waals surface area contributed by atoms with Gasteiger partial charge in [0.25, 0.3) is 5.91 Å². The molecule has 0 aliphatic rings. The number of hydrogen-bond donors (Lipinski definition) is 3. The summed E-state index contributed by atoms with van der Waals surface area (Å²) >= 11 is 0. The van der Waals surface area contributed by atoms with Crippen LogP contribution >= 0.6 is 0 Å². The summed E-state index contributed by atoms with van der Waals surface area (Å²) in [5.41, 5.74) is 0.452. The highest BCUT2D eigenvalue weighted by Gasteiger charge is 2.17. The number of aliphatic hydroxyl groups is 1. The first-order chi connectivity index (χ1) is 9.41. The van der Waals surface area contributed by atoms with Gasteiger partial charge in [-0.25, -0.2) is 4.79 Å². The molecule has 1 rings (SSSR count). The van der Waals surface area contributed by atoms with E-state index in [0.717, 1.165) is 0 Å². The zero-order valence-corrected chi connectivity index (χ0v) is 10.9. The average Bonchev–Trinajstić information content (AvgIpc) is 2.44. The van der Waals surface area contributed by atoms with Crippen LogP contribution in [0.3, 0.4) is 0 Å². The molecule has 0 aliphatic heterocycles. The second-order valence-corrected chi connectivity index (χ2v) is 4.19. The molecule has 7 nitrogen and oxygen atoms in total. The molecule has 1 aromatic rings. The summed E-state index contributed by atoms with van der Waals surface area (Å²) < 4.78 is 0. The molecule has 0 fully saturated rings. The fourth-order valence-corrected chi connectivity index (χ4v) is 1.44. The number of carboxylic acids is 1. The Kier molecular flexibility index (Phi) is 5.67. The molecule has 0 heterocycles. The lowest BCUT2D eigenvalue weighted by Crippen LogP contribution is -2.42. The molecule has 1 aromatic carbocycles. The van der Waals surface area contributed by atoms with Crippen molar-refractivity contribution in [3.8, 4) is 0 Å². The minimum atomic E-state index is -1.66. The fourth-order valence-electron chi connectivity index (χ4n) is 1.44. The monoisotopic (exact) mass is 280 g/mol. The molecule has 2 amide bonds. The molecule has 0 saturated heterocycles. The van der Waals surface area contributed by atoms with E-state index in [1.54, 1.807) is 30.3 Å². The fraction of sp³-hybridized carbons (Fsp3) is 0.308. The molecule has 0 spiro atoms. The Hall–Kier alpha value is -2.41. The first-order valence-corrected chi connectivity index (χ1v) is 5.90. The van der Waals surface area contributed by atoms with Crippen molar-refractivity contribution >= 4 is 17.8 Å². The topological polar surface area (TPSA) is 107 Å². The number of carboxylic acid groups (broad SMARTS) is 1. The Morgan fingerprint density at radius 1 is 1.25 bits per heavy atom. The van der Waals surface area contributed by atoms with E-state index in [-0.39, 0.29) is 12.5 Å². The number of carbonyl (C=O) groups excluding carboxylic acids is 2. The number of nitrogens with one attached hydrogen (secondary N) is 1. The molecule has 7 heteroatoms. The van der Waals surface area contributed by atoms with Gasteiger partial charge in [-0.2, -0.15) is 0 Å². The SMILES string of the molecule is CN(CC(=O)NCC(O)C(=O)O)C(=O)c1ccccc1. The highest BCUT2D eigenvalue weighted by atomic mass is 16.4. The second kappa shape index (κ2) is 7.25. The molecule has 0 saturated carbocycles. The lowest BCUT2D eigenvalue weighted by Gasteiger charge is -2.17. The van der Waals surface area contributed by atoms with E-state index in [0.29, 0.717) is 5.56 Å². The number of benzene rings is 1. The summed E-state index contributed by atoms with van der Waals surface area (Å²) in [7, 11) is 1.46. The maximum atomic E-state index is 11.9. The Morgan fingerprint density at radius 2 is 1.85 bits per heavy atom. The number of carbonyl (C=O) groups is 3. The summed E-state index contributed by atoms with van der Waals surface area (Å²) in [6.45, 7) is -0.623. The van der Waals surface area contributed by atoms with E-state index in [9.17, 15) is 14.4 Å². The number of nitrogens with zero attached hydrogens (tertiary/aromatic N) is 1. The molecule has 20 heavy (non-hydrogen) atoms. The number of aliphatic hydroxyl groups excluding tert-OH is 1. The standard InChI is InChI=1S/C13H16N2O5/c1-15(12(18)9-5-3-2-4-6-9)8-11(17)14-7-10(16)13(19)20/h2-6,10,16H,7-8H2,1H3,(H,14,17)(H,19,20). The molecular formula is C13H16N2O5. The molecule has 0 aliphatic carbocycles. The lowest BCUT2D eigenvalue weighted by atomic mass is 10.2. The van der Waals surface area contributed by atoms with Gasteiger partial charge >= 0.3 is 5.97 Å². The zero-order valence-electron chi connectivity index (χ0n) is 10.9. The first-order valence-electron chi connectivity index (χ1n) is 5.90. The minimum absolute atomic E-state index is 0.222. The quantitative estimate of drug-likeness (QED) is 0.640. The molecule has 0 bridgehead atoms. The third-order valence-electron chi connectivity index (χ3n) is 2.53. The number of likely N-dealkylation sites (N-methyl/N-ethyl adjacent to an activating group) is 1. The Labute approximate surface area is 115 Å². The number of rotatable bonds is 6. The van der Waals surface area contributed by atoms with Crippen LogP contribution in [0.4, 0.5) is 0 Å². The summed E-state index contributed by atoms with van der Waals surface area (Å²) in [6.07, 6.45) is -1.66. The van der Waals surface area contributed by atoms with Gasteiger partial charge in [-0.05, 0) is 12.1 Å². The molecule has 3 N–H and O–H groups in total. The van der Waals surface area contributed by atoms with E-state index < -0.39 is 24.5 Å². The molecule has 0 aromatic heterocycles. The Balaban J connectivity index is 2.46. The van der Waals surface area contributed by atoms with Crippen molar-refractivity contribution in [2.45, 2.75) is 6.10 Å². The van der Waals surface area contributed by atoms with Crippen molar-refractivity contribution < 1.29 is 24.6 Å². The van der Waals surface area contributed by atoms with Crippen molar-refractivity contribution in [3.63, 3.8) is 0 Å². The predicted octanol–water partition coefficient (Wildman–Crippen LogP) is -0.680. The van der Waals surface area contributed by atoms with Gasteiger partial charge in [0.05, 0.1) is 13.1 Å². The van der Waals surface area contributed by atoms with E-state index >= 15 is 0 Å². The van der Waals surface area contributed by atoms with Gasteiger partial charge in [-0.15, -0.1) is 0 Å². The highest BCUT2D eigenvalue weighted by molar-refractivity contribution is 5.96. The van der Waals surface area contributed by atoms with Crippen molar-refractivity contribution in [1.29, 1.82) is 0 Å². The third kappa shape index (κ3) is 4.69. The van der Waals surface area contributed by atoms with E-state index in [1.807, 2.05) is 0 Å². The van der Waals surface area contributed by atoms with Crippen LogP contribution in [0.25, 0.3) is 0 Å². The summed E-state index contributed by atoms with van der Waals surface area (Å²) in [5, 5.41) is 19.7. The van der Waals surface area contributed by atoms with Gasteiger partial charge in [-0.1, -0.05) is 18.2 Å². The Bertz CT molecular complexity index is 489. The normalized spacial score (nSPS) is 11.5. The molecule has 108 valence electrons. The zero-order chi connectivity index (χ0) is 15.1. The van der Waals surface area contributed by atoms with Crippen molar-refractivity contribution in [1.82, 2.24) is 10.2 Å². The van der Waals surface area contributed by atoms with Gasteiger partial charge in [-0.3, -0.25) is 9.59 Å². The summed E-state index contributed by atoms with van der Waals surface area (Å²) in [4.78, 5) is 35.0. The van der Waals surface area contributed by atoms with Gasteiger partial charge < -0.3 is 20.4 Å². The van der Waals surface area contributed by atoms with Crippen LogP contribution in [0.5, 0.6) is 0 Å². The van der Waals surface area contributed by atoms with Crippen molar-refractivity contribution in [2.75, 3.05) is 20.1 Å². The summed E-state index contributed by atoms with van der Waals surface area (Å²) in [6, 6.07) is 8.46. The van der Waals surface area contributed by atoms with Crippen LogP contribution in [0.15, 0.2) is 30.3 Å². The average molecular weight is 280 g/mol. The summed E-state index contributed by atoms with van der Waals surface area (Å²) in [5.74, 6) is -2.28. The maximum absolute atomic E-state index is 11.9. The van der Waals surface area contributed by atoms with Gasteiger partial charge in [0.1, 0.15) is 0 Å². The van der Waals surface area contributed by atoms with Crippen LogP contribution in [-0.2, 0) is 9.59 Å². The minimum Gasteiger partial charge on any atom is -0.479 e. The van der Waals surface area contributed by atoms with Gasteiger partial charge in [0.15, 0.2) is 6.10 Å². The van der Waals surface area contributed by atoms with E-state index in [1.165, 1.54) is 11.9 Å². The van der Waals surface area contributed by atoms with E-state index in [2.05, 4.69) is 5.32 Å². The second-order valence-electron chi connectivity index (χ2n) is 4.19. The smallest absolute Gasteiger partial charge is 0.334 e. The largest absolute Gasteiger partial charge is 0.479 e. The first kappa shape index (κ1) is 15.6. The predicted molar refractivity (Wildman–Crippen MR) is 70.1 cm³/mol. The molecule has 1 unspecified atom stereocenters. The number of aliphatic carboxylic acids is 1. The van der Waals surface area contributed by atoms with Crippen molar-refractivity contribution in [3.05, 3.63) is 35.9 Å². The maximum Gasteiger partial charge on any atom is 0.334 e. The van der Waals surface area contributed by atoms with Crippen LogP contribution < -0.4 is 5.32 Å². The van der Waals surface area contributed by atoms with Crippen LogP contribution in [0.1, 0.15) is 10.4 Å². The lowest BCUT2D eigenvalue weighted by molar-refractivity contribution is -0.146. The third-order valence-corrected chi connectivity index (χ3v) is 2.53. The molecule has 1 atom stereocenters. The van der Waals surface area contributed by atoms with E-state index in [4.69, 9.17) is 10.2 Å².